The van der Waals surface area contributed by atoms with Gasteiger partial charge in [-0.3, -0.25) is 4.99 Å². The first kappa shape index (κ1) is 26.2. The van der Waals surface area contributed by atoms with Crippen molar-refractivity contribution < 1.29 is 9.47 Å². The van der Waals surface area contributed by atoms with E-state index in [4.69, 9.17) is 9.47 Å². The van der Waals surface area contributed by atoms with Crippen molar-refractivity contribution in [3.05, 3.63) is 29.3 Å². The summed E-state index contributed by atoms with van der Waals surface area (Å²) in [5.41, 5.74) is 2.37. The fourth-order valence-electron chi connectivity index (χ4n) is 4.32. The van der Waals surface area contributed by atoms with Crippen molar-refractivity contribution in [2.45, 2.75) is 58.0 Å². The highest BCUT2D eigenvalue weighted by molar-refractivity contribution is 14.0. The minimum atomic E-state index is 0. The van der Waals surface area contributed by atoms with Crippen LogP contribution in [0.25, 0.3) is 0 Å². The minimum absolute atomic E-state index is 0. The van der Waals surface area contributed by atoms with Gasteiger partial charge in [0.1, 0.15) is 5.75 Å². The number of aryl methyl sites for hydroxylation is 1. The van der Waals surface area contributed by atoms with Crippen molar-refractivity contribution in [3.8, 4) is 5.75 Å². The predicted octanol–water partition coefficient (Wildman–Crippen LogP) is 3.96. The predicted molar refractivity (Wildman–Crippen MR) is 139 cm³/mol. The monoisotopic (exact) mass is 544 g/mol. The number of nitrogens with zero attached hydrogens (tertiary/aromatic N) is 2. The quantitative estimate of drug-likeness (QED) is 0.280. The molecule has 2 fully saturated rings. The second kappa shape index (κ2) is 14.2. The SMILES string of the molecule is CN=C(NCCN(C)C1CCCCC1)NCc1ccc(C)cc1OCC1CCOC1.I. The van der Waals surface area contributed by atoms with E-state index in [0.29, 0.717) is 12.5 Å². The van der Waals surface area contributed by atoms with Crippen LogP contribution >= 0.6 is 24.0 Å². The maximum Gasteiger partial charge on any atom is 0.191 e. The minimum Gasteiger partial charge on any atom is -0.493 e. The van der Waals surface area contributed by atoms with Crippen LogP contribution in [0.1, 0.15) is 49.7 Å². The average Bonchev–Trinajstić information content (AvgIpc) is 3.29. The van der Waals surface area contributed by atoms with E-state index in [2.05, 4.69) is 52.7 Å². The summed E-state index contributed by atoms with van der Waals surface area (Å²) in [5.74, 6) is 2.30. The highest BCUT2D eigenvalue weighted by atomic mass is 127. The van der Waals surface area contributed by atoms with E-state index >= 15 is 0 Å². The number of hydrogen-bond acceptors (Lipinski definition) is 4. The Morgan fingerprint density at radius 2 is 2.00 bits per heavy atom. The van der Waals surface area contributed by atoms with Crippen LogP contribution in [0.4, 0.5) is 0 Å². The van der Waals surface area contributed by atoms with Crippen LogP contribution in [0.2, 0.25) is 0 Å². The first-order valence-corrected chi connectivity index (χ1v) is 11.6. The molecule has 1 aliphatic heterocycles. The van der Waals surface area contributed by atoms with E-state index in [1.165, 1.54) is 37.7 Å². The Hall–Kier alpha value is -1.06. The van der Waals surface area contributed by atoms with Crippen LogP contribution in [0.5, 0.6) is 5.75 Å². The largest absolute Gasteiger partial charge is 0.493 e. The molecule has 0 amide bonds. The third-order valence-corrected chi connectivity index (χ3v) is 6.35. The van der Waals surface area contributed by atoms with E-state index in [1.807, 2.05) is 7.05 Å². The van der Waals surface area contributed by atoms with E-state index in [1.54, 1.807) is 0 Å². The lowest BCUT2D eigenvalue weighted by Crippen LogP contribution is -2.43. The van der Waals surface area contributed by atoms with Gasteiger partial charge >= 0.3 is 0 Å². The van der Waals surface area contributed by atoms with Crippen molar-refractivity contribution in [2.24, 2.45) is 10.9 Å². The summed E-state index contributed by atoms with van der Waals surface area (Å²) in [5, 5.41) is 6.90. The number of hydrogen-bond donors (Lipinski definition) is 2. The van der Waals surface area contributed by atoms with Gasteiger partial charge in [-0.1, -0.05) is 31.4 Å². The van der Waals surface area contributed by atoms with Crippen molar-refractivity contribution in [3.63, 3.8) is 0 Å². The third kappa shape index (κ3) is 8.77. The number of benzene rings is 1. The molecule has 6 nitrogen and oxygen atoms in total. The molecule has 2 aliphatic rings. The second-order valence-corrected chi connectivity index (χ2v) is 8.78. The number of aliphatic imine (C=N–C) groups is 1. The topological polar surface area (TPSA) is 58.1 Å². The van der Waals surface area contributed by atoms with Crippen LogP contribution in [0.3, 0.4) is 0 Å². The highest BCUT2D eigenvalue weighted by Crippen LogP contribution is 2.23. The van der Waals surface area contributed by atoms with Crippen LogP contribution in [0.15, 0.2) is 23.2 Å². The lowest BCUT2D eigenvalue weighted by atomic mass is 9.94. The first-order chi connectivity index (χ1) is 14.7. The summed E-state index contributed by atoms with van der Waals surface area (Å²) in [7, 11) is 4.08. The zero-order valence-corrected chi connectivity index (χ0v) is 21.8. The van der Waals surface area contributed by atoms with E-state index in [-0.39, 0.29) is 24.0 Å². The van der Waals surface area contributed by atoms with Crippen molar-refractivity contribution in [1.29, 1.82) is 0 Å². The Balaban J connectivity index is 0.00000341. The summed E-state index contributed by atoms with van der Waals surface area (Å²) in [6.45, 7) is 7.11. The van der Waals surface area contributed by atoms with Crippen molar-refractivity contribution in [2.75, 3.05) is 47.0 Å². The van der Waals surface area contributed by atoms with Crippen LogP contribution in [-0.4, -0.2) is 63.9 Å². The van der Waals surface area contributed by atoms with Gasteiger partial charge in [-0.25, -0.2) is 0 Å². The lowest BCUT2D eigenvalue weighted by Gasteiger charge is -2.31. The summed E-state index contributed by atoms with van der Waals surface area (Å²) in [6, 6.07) is 7.15. The van der Waals surface area contributed by atoms with Crippen LogP contribution in [0, 0.1) is 12.8 Å². The Morgan fingerprint density at radius 3 is 2.71 bits per heavy atom. The van der Waals surface area contributed by atoms with Crippen molar-refractivity contribution >= 4 is 29.9 Å². The molecule has 1 atom stereocenters. The Bertz CT molecular complexity index is 674. The lowest BCUT2D eigenvalue weighted by molar-refractivity contribution is 0.166. The molecular weight excluding hydrogens is 503 g/mol. The summed E-state index contributed by atoms with van der Waals surface area (Å²) in [6.07, 6.45) is 7.92. The number of rotatable bonds is 9. The molecule has 0 aromatic heterocycles. The average molecular weight is 545 g/mol. The fourth-order valence-corrected chi connectivity index (χ4v) is 4.32. The Morgan fingerprint density at radius 1 is 1.19 bits per heavy atom. The van der Waals surface area contributed by atoms with Gasteiger partial charge in [0.2, 0.25) is 0 Å². The molecular formula is C24H41IN4O2. The van der Waals surface area contributed by atoms with E-state index < -0.39 is 0 Å². The standard InChI is InChI=1S/C24H40N4O2.HI/c1-19-9-10-21(23(15-19)30-18-20-11-14-29-17-20)16-27-24(25-2)26-12-13-28(3)22-7-5-4-6-8-22;/h9-10,15,20,22H,4-8,11-14,16-18H2,1-3H3,(H2,25,26,27);1H. The van der Waals surface area contributed by atoms with Gasteiger partial charge < -0.3 is 25.0 Å². The summed E-state index contributed by atoms with van der Waals surface area (Å²) < 4.78 is 11.6. The maximum absolute atomic E-state index is 6.16. The number of ether oxygens (including phenoxy) is 2. The fraction of sp³-hybridized carbons (Fsp3) is 0.708. The molecule has 3 rings (SSSR count). The third-order valence-electron chi connectivity index (χ3n) is 6.35. The molecule has 31 heavy (non-hydrogen) atoms. The molecule has 2 N–H and O–H groups in total. The Kier molecular flexibility index (Phi) is 12.0. The number of nitrogens with one attached hydrogen (secondary N) is 2. The number of halogens is 1. The van der Waals surface area contributed by atoms with Gasteiger partial charge in [0.05, 0.1) is 13.2 Å². The number of likely N-dealkylation sites (N-methyl/N-ethyl adjacent to an activating group) is 1. The molecule has 1 heterocycles. The molecule has 1 unspecified atom stereocenters. The second-order valence-electron chi connectivity index (χ2n) is 8.78. The molecule has 1 aromatic carbocycles. The normalized spacial score (nSPS) is 19.9. The number of guanidine groups is 1. The maximum atomic E-state index is 6.16. The smallest absolute Gasteiger partial charge is 0.191 e. The molecule has 1 aliphatic carbocycles. The molecule has 0 spiro atoms. The van der Waals surface area contributed by atoms with Gasteiger partial charge in [0, 0.05) is 50.8 Å². The molecule has 0 bridgehead atoms. The van der Waals surface area contributed by atoms with Gasteiger partial charge in [0.25, 0.3) is 0 Å². The van der Waals surface area contributed by atoms with Gasteiger partial charge in [-0.05, 0) is 44.9 Å². The Labute approximate surface area is 205 Å². The zero-order valence-electron chi connectivity index (χ0n) is 19.5. The van der Waals surface area contributed by atoms with Gasteiger partial charge in [-0.2, -0.15) is 0 Å². The molecule has 1 saturated carbocycles. The molecule has 1 aromatic rings. The summed E-state index contributed by atoms with van der Waals surface area (Å²) in [4.78, 5) is 6.89. The van der Waals surface area contributed by atoms with Gasteiger partial charge in [0.15, 0.2) is 5.96 Å². The van der Waals surface area contributed by atoms with Crippen LogP contribution < -0.4 is 15.4 Å². The molecule has 176 valence electrons. The van der Waals surface area contributed by atoms with Crippen molar-refractivity contribution in [1.82, 2.24) is 15.5 Å². The van der Waals surface area contributed by atoms with E-state index in [0.717, 1.165) is 62.6 Å². The first-order valence-electron chi connectivity index (χ1n) is 11.6. The molecule has 1 saturated heterocycles. The summed E-state index contributed by atoms with van der Waals surface area (Å²) >= 11 is 0. The molecule has 7 heteroatoms. The molecule has 0 radical (unpaired) electrons. The van der Waals surface area contributed by atoms with Crippen LogP contribution in [-0.2, 0) is 11.3 Å². The highest BCUT2D eigenvalue weighted by Gasteiger charge is 2.18. The zero-order chi connectivity index (χ0) is 21.2. The van der Waals surface area contributed by atoms with Gasteiger partial charge in [-0.15, -0.1) is 24.0 Å². The van der Waals surface area contributed by atoms with E-state index in [9.17, 15) is 0 Å².